The Hall–Kier alpha value is -3.24. The molecule has 1 aromatic carbocycles. The second kappa shape index (κ2) is 9.67. The van der Waals surface area contributed by atoms with Crippen molar-refractivity contribution >= 4 is 23.6 Å². The lowest BCUT2D eigenvalue weighted by Gasteiger charge is -2.48. The number of benzene rings is 1. The Kier molecular flexibility index (Phi) is 6.57. The first-order valence-electron chi connectivity index (χ1n) is 12.7. The van der Waals surface area contributed by atoms with Crippen LogP contribution in [0.3, 0.4) is 0 Å². The average molecular weight is 493 g/mol. The van der Waals surface area contributed by atoms with Gasteiger partial charge in [-0.05, 0) is 45.3 Å². The SMILES string of the molecule is CN(C)C1(c2ccccc2)CCC2(CC1)CN(c1cnc(N3CCN(CC(N)=O)CC3)nc1)C(=O)N2. The third kappa shape index (κ3) is 4.62. The summed E-state index contributed by atoms with van der Waals surface area (Å²) in [6.07, 6.45) is 7.28. The first kappa shape index (κ1) is 24.5. The van der Waals surface area contributed by atoms with E-state index >= 15 is 0 Å². The van der Waals surface area contributed by atoms with Crippen LogP contribution >= 0.6 is 0 Å². The number of hydrogen-bond donors (Lipinski definition) is 2. The van der Waals surface area contributed by atoms with Gasteiger partial charge in [-0.15, -0.1) is 0 Å². The molecule has 1 saturated carbocycles. The number of urea groups is 1. The molecule has 36 heavy (non-hydrogen) atoms. The van der Waals surface area contributed by atoms with E-state index in [2.05, 4.69) is 69.5 Å². The minimum Gasteiger partial charge on any atom is -0.369 e. The fourth-order valence-corrected chi connectivity index (χ4v) is 6.03. The molecule has 10 nitrogen and oxygen atoms in total. The van der Waals surface area contributed by atoms with Crippen molar-refractivity contribution in [3.05, 3.63) is 48.3 Å². The van der Waals surface area contributed by atoms with Gasteiger partial charge in [0.1, 0.15) is 0 Å². The van der Waals surface area contributed by atoms with Crippen LogP contribution in [0.25, 0.3) is 0 Å². The highest BCUT2D eigenvalue weighted by molar-refractivity contribution is 5.95. The Morgan fingerprint density at radius 2 is 1.67 bits per heavy atom. The van der Waals surface area contributed by atoms with E-state index in [0.29, 0.717) is 18.2 Å². The van der Waals surface area contributed by atoms with Crippen LogP contribution in [0.15, 0.2) is 42.7 Å². The Balaban J connectivity index is 1.23. The Morgan fingerprint density at radius 1 is 1.03 bits per heavy atom. The van der Waals surface area contributed by atoms with E-state index < -0.39 is 0 Å². The second-order valence-corrected chi connectivity index (χ2v) is 10.6. The summed E-state index contributed by atoms with van der Waals surface area (Å²) >= 11 is 0. The van der Waals surface area contributed by atoms with Gasteiger partial charge in [0.25, 0.3) is 0 Å². The van der Waals surface area contributed by atoms with Gasteiger partial charge < -0.3 is 16.0 Å². The largest absolute Gasteiger partial charge is 0.369 e. The number of anilines is 2. The lowest BCUT2D eigenvalue weighted by atomic mass is 9.69. The number of carbonyl (C=O) groups excluding carboxylic acids is 2. The second-order valence-electron chi connectivity index (χ2n) is 10.6. The normalized spacial score (nSPS) is 27.0. The number of nitrogens with one attached hydrogen (secondary N) is 1. The van der Waals surface area contributed by atoms with E-state index in [4.69, 9.17) is 5.73 Å². The predicted molar refractivity (Wildman–Crippen MR) is 139 cm³/mol. The first-order valence-corrected chi connectivity index (χ1v) is 12.7. The van der Waals surface area contributed by atoms with Crippen LogP contribution in [0.2, 0.25) is 0 Å². The van der Waals surface area contributed by atoms with E-state index in [1.54, 1.807) is 17.3 Å². The van der Waals surface area contributed by atoms with E-state index in [1.165, 1.54) is 5.56 Å². The average Bonchev–Trinajstić information content (AvgIpc) is 3.21. The summed E-state index contributed by atoms with van der Waals surface area (Å²) in [5.41, 5.74) is 7.10. The number of piperazine rings is 1. The fraction of sp³-hybridized carbons (Fsp3) is 0.538. The van der Waals surface area contributed by atoms with Crippen LogP contribution in [0, 0.1) is 0 Å². The maximum atomic E-state index is 13.0. The van der Waals surface area contributed by atoms with Crippen molar-refractivity contribution in [3.63, 3.8) is 0 Å². The number of nitrogens with zero attached hydrogens (tertiary/aromatic N) is 6. The summed E-state index contributed by atoms with van der Waals surface area (Å²) in [6.45, 7) is 3.84. The molecule has 1 spiro atoms. The standard InChI is InChI=1S/C26H36N8O2/c1-31(2)26(20-6-4-3-5-7-20)10-8-25(9-11-26)19-34(24(36)30-25)21-16-28-23(29-17-21)33-14-12-32(13-15-33)18-22(27)35/h3-7,16-17H,8-15,18-19H2,1-2H3,(H2,27,35)(H,30,36). The maximum Gasteiger partial charge on any atom is 0.322 e. The van der Waals surface area contributed by atoms with Crippen LogP contribution in [-0.2, 0) is 10.3 Å². The van der Waals surface area contributed by atoms with Crippen molar-refractivity contribution in [1.29, 1.82) is 0 Å². The zero-order chi connectivity index (χ0) is 25.3. The molecule has 2 aromatic rings. The Labute approximate surface area is 212 Å². The highest BCUT2D eigenvalue weighted by Crippen LogP contribution is 2.46. The summed E-state index contributed by atoms with van der Waals surface area (Å²) in [5.74, 6) is 0.333. The molecule has 1 aliphatic carbocycles. The highest BCUT2D eigenvalue weighted by Gasteiger charge is 2.50. The van der Waals surface area contributed by atoms with Crippen LogP contribution in [0.1, 0.15) is 31.2 Å². The Bertz CT molecular complexity index is 1070. The highest BCUT2D eigenvalue weighted by atomic mass is 16.2. The van der Waals surface area contributed by atoms with Gasteiger partial charge in [-0.3, -0.25) is 19.5 Å². The smallest absolute Gasteiger partial charge is 0.322 e. The molecule has 2 aliphatic heterocycles. The zero-order valence-electron chi connectivity index (χ0n) is 21.2. The molecule has 1 aromatic heterocycles. The molecule has 0 radical (unpaired) electrons. The number of amides is 3. The van der Waals surface area contributed by atoms with Gasteiger partial charge in [0.2, 0.25) is 11.9 Å². The molecule has 0 atom stereocenters. The van der Waals surface area contributed by atoms with Crippen molar-refractivity contribution in [1.82, 2.24) is 25.1 Å². The van der Waals surface area contributed by atoms with Gasteiger partial charge in [-0.25, -0.2) is 14.8 Å². The third-order valence-electron chi connectivity index (χ3n) is 8.25. The zero-order valence-corrected chi connectivity index (χ0v) is 21.2. The minimum atomic E-state index is -0.309. The predicted octanol–water partition coefficient (Wildman–Crippen LogP) is 1.38. The fourth-order valence-electron chi connectivity index (χ4n) is 6.03. The monoisotopic (exact) mass is 492 g/mol. The molecule has 2 saturated heterocycles. The third-order valence-corrected chi connectivity index (χ3v) is 8.25. The lowest BCUT2D eigenvalue weighted by molar-refractivity contribution is -0.119. The van der Waals surface area contributed by atoms with Crippen molar-refractivity contribution < 1.29 is 9.59 Å². The van der Waals surface area contributed by atoms with E-state index in [9.17, 15) is 9.59 Å². The van der Waals surface area contributed by atoms with Crippen LogP contribution in [0.5, 0.6) is 0 Å². The summed E-state index contributed by atoms with van der Waals surface area (Å²) in [5, 5.41) is 3.30. The van der Waals surface area contributed by atoms with Gasteiger partial charge >= 0.3 is 6.03 Å². The van der Waals surface area contributed by atoms with Gasteiger partial charge in [-0.1, -0.05) is 30.3 Å². The molecule has 5 rings (SSSR count). The summed E-state index contributed by atoms with van der Waals surface area (Å²) in [4.78, 5) is 41.5. The van der Waals surface area contributed by atoms with Crippen LogP contribution in [0.4, 0.5) is 16.4 Å². The van der Waals surface area contributed by atoms with Crippen molar-refractivity contribution in [3.8, 4) is 0 Å². The molecule has 10 heteroatoms. The summed E-state index contributed by atoms with van der Waals surface area (Å²) in [7, 11) is 4.31. The van der Waals surface area contributed by atoms with Crippen LogP contribution < -0.4 is 20.9 Å². The van der Waals surface area contributed by atoms with Gasteiger partial charge in [0, 0.05) is 31.7 Å². The summed E-state index contributed by atoms with van der Waals surface area (Å²) < 4.78 is 0. The van der Waals surface area contributed by atoms with Gasteiger partial charge in [0.05, 0.1) is 36.7 Å². The number of nitrogens with two attached hydrogens (primary N) is 1. The molecule has 3 fully saturated rings. The van der Waals surface area contributed by atoms with Crippen LogP contribution in [-0.4, -0.2) is 90.6 Å². The number of hydrogen-bond acceptors (Lipinski definition) is 7. The lowest BCUT2D eigenvalue weighted by Crippen LogP contribution is -2.54. The van der Waals surface area contributed by atoms with Gasteiger partial charge in [0.15, 0.2) is 0 Å². The number of carbonyl (C=O) groups is 2. The van der Waals surface area contributed by atoms with E-state index in [-0.39, 0.29) is 29.6 Å². The summed E-state index contributed by atoms with van der Waals surface area (Å²) in [6, 6.07) is 10.6. The molecule has 3 aliphatic rings. The van der Waals surface area contributed by atoms with E-state index in [1.807, 2.05) is 4.90 Å². The van der Waals surface area contributed by atoms with E-state index in [0.717, 1.165) is 51.9 Å². The maximum absolute atomic E-state index is 13.0. The molecule has 3 heterocycles. The number of aromatic nitrogens is 2. The van der Waals surface area contributed by atoms with Gasteiger partial charge in [-0.2, -0.15) is 0 Å². The molecular formula is C26H36N8O2. The Morgan fingerprint density at radius 3 is 2.25 bits per heavy atom. The molecular weight excluding hydrogens is 456 g/mol. The molecule has 3 amide bonds. The van der Waals surface area contributed by atoms with Crippen molar-refractivity contribution in [2.45, 2.75) is 36.8 Å². The van der Waals surface area contributed by atoms with Crippen molar-refractivity contribution in [2.75, 3.05) is 63.2 Å². The first-order chi connectivity index (χ1) is 17.3. The molecule has 0 bridgehead atoms. The molecule has 192 valence electrons. The minimum absolute atomic E-state index is 0.0170. The number of rotatable bonds is 6. The molecule has 0 unspecified atom stereocenters. The topological polar surface area (TPSA) is 111 Å². The van der Waals surface area contributed by atoms with Crippen molar-refractivity contribution in [2.24, 2.45) is 5.73 Å². The molecule has 3 N–H and O–H groups in total. The number of primary amides is 1. The quantitative estimate of drug-likeness (QED) is 0.627.